The molecular formula is C22H30O9. The Kier molecular flexibility index (Phi) is 7.25. The zero-order chi connectivity index (χ0) is 21.8. The molecule has 3 heterocycles. The minimum absolute atomic E-state index is 0.219. The van der Waals surface area contributed by atoms with Crippen molar-refractivity contribution in [2.75, 3.05) is 41.7 Å². The van der Waals surface area contributed by atoms with E-state index in [4.69, 9.17) is 42.6 Å². The summed E-state index contributed by atoms with van der Waals surface area (Å²) in [5.74, 6) is -0.496. The zero-order valence-electron chi connectivity index (χ0n) is 18.2. The van der Waals surface area contributed by atoms with Crippen molar-refractivity contribution < 1.29 is 42.6 Å². The van der Waals surface area contributed by atoms with Crippen LogP contribution in [0.15, 0.2) is 36.4 Å². The fraction of sp³-hybridized carbons (Fsp3) is 0.636. The quantitative estimate of drug-likeness (QED) is 0.590. The van der Waals surface area contributed by atoms with Gasteiger partial charge in [0.15, 0.2) is 6.29 Å². The summed E-state index contributed by atoms with van der Waals surface area (Å²) in [4.78, 5) is 0. The van der Waals surface area contributed by atoms with E-state index in [9.17, 15) is 0 Å². The van der Waals surface area contributed by atoms with Crippen LogP contribution in [0.3, 0.4) is 0 Å². The van der Waals surface area contributed by atoms with E-state index < -0.39 is 30.6 Å². The van der Waals surface area contributed by atoms with Gasteiger partial charge in [0.2, 0.25) is 0 Å². The van der Waals surface area contributed by atoms with Crippen LogP contribution in [0.1, 0.15) is 5.56 Å². The first-order valence-electron chi connectivity index (χ1n) is 10.2. The summed E-state index contributed by atoms with van der Waals surface area (Å²) < 4.78 is 51.7. The second kappa shape index (κ2) is 9.93. The molecule has 0 bridgehead atoms. The monoisotopic (exact) mass is 438 g/mol. The van der Waals surface area contributed by atoms with Crippen molar-refractivity contribution >= 4 is 0 Å². The van der Waals surface area contributed by atoms with Gasteiger partial charge in [-0.15, -0.1) is 0 Å². The second-order valence-corrected chi connectivity index (χ2v) is 7.54. The maximum atomic E-state index is 6.20. The number of ether oxygens (including phenoxy) is 9. The van der Waals surface area contributed by atoms with Crippen molar-refractivity contribution in [3.05, 3.63) is 42.0 Å². The van der Waals surface area contributed by atoms with Gasteiger partial charge in [0.25, 0.3) is 0 Å². The van der Waals surface area contributed by atoms with E-state index in [0.29, 0.717) is 6.61 Å². The molecule has 1 spiro atoms. The molecule has 4 rings (SSSR count). The van der Waals surface area contributed by atoms with Gasteiger partial charge >= 0.3 is 5.97 Å². The van der Waals surface area contributed by atoms with Crippen molar-refractivity contribution in [3.63, 3.8) is 0 Å². The van der Waals surface area contributed by atoms with E-state index in [1.807, 2.05) is 30.3 Å². The Hall–Kier alpha value is -1.56. The molecule has 3 aliphatic rings. The predicted molar refractivity (Wildman–Crippen MR) is 107 cm³/mol. The molecule has 3 aliphatic heterocycles. The van der Waals surface area contributed by atoms with E-state index in [2.05, 4.69) is 0 Å². The Labute approximate surface area is 182 Å². The van der Waals surface area contributed by atoms with Gasteiger partial charge in [0.1, 0.15) is 30.2 Å². The molecule has 2 saturated heterocycles. The van der Waals surface area contributed by atoms with Crippen molar-refractivity contribution in [3.8, 4) is 5.75 Å². The molecule has 0 N–H and O–H groups in total. The first kappa shape index (κ1) is 22.6. The second-order valence-electron chi connectivity index (χ2n) is 7.54. The predicted octanol–water partition coefficient (Wildman–Crippen LogP) is 1.64. The molecule has 0 aliphatic carbocycles. The lowest BCUT2D eigenvalue weighted by Crippen LogP contribution is -2.66. The van der Waals surface area contributed by atoms with Crippen LogP contribution < -0.4 is 4.74 Å². The fourth-order valence-corrected chi connectivity index (χ4v) is 4.00. The molecular weight excluding hydrogens is 408 g/mol. The molecule has 31 heavy (non-hydrogen) atoms. The minimum Gasteiger partial charge on any atom is -0.497 e. The average molecular weight is 438 g/mol. The fourth-order valence-electron chi connectivity index (χ4n) is 4.00. The summed E-state index contributed by atoms with van der Waals surface area (Å²) in [6, 6.07) is 7.74. The highest BCUT2D eigenvalue weighted by molar-refractivity contribution is 5.26. The molecule has 7 atom stereocenters. The maximum absolute atomic E-state index is 6.20. The summed E-state index contributed by atoms with van der Waals surface area (Å²) in [7, 11) is 6.40. The Morgan fingerprint density at radius 3 is 2.29 bits per heavy atom. The standard InChI is InChI=1S/C22H30O9/c1-23-15-7-5-14(6-8-15)11-27-16-9-10-22(28-12-16)29-13-17-18(31-22)19(24-2)20(25-3)21(26-4)30-17/h5-10,16-21H,11-13H2,1-4H3/t16-,17+,18+,19-,20+,21-,22-/m0/s1. The van der Waals surface area contributed by atoms with Gasteiger partial charge in [-0.25, -0.2) is 0 Å². The Morgan fingerprint density at radius 2 is 1.68 bits per heavy atom. The van der Waals surface area contributed by atoms with E-state index in [1.165, 1.54) is 0 Å². The van der Waals surface area contributed by atoms with Crippen LogP contribution in [0.4, 0.5) is 0 Å². The molecule has 0 amide bonds. The number of benzene rings is 1. The van der Waals surface area contributed by atoms with Crippen LogP contribution in [0, 0.1) is 0 Å². The smallest absolute Gasteiger partial charge is 0.305 e. The third-order valence-electron chi connectivity index (χ3n) is 5.70. The average Bonchev–Trinajstić information content (AvgIpc) is 2.82. The molecule has 0 unspecified atom stereocenters. The van der Waals surface area contributed by atoms with Crippen LogP contribution >= 0.6 is 0 Å². The molecule has 0 aromatic heterocycles. The molecule has 0 radical (unpaired) electrons. The lowest BCUT2D eigenvalue weighted by molar-refractivity contribution is -0.445. The number of hydrogen-bond acceptors (Lipinski definition) is 9. The molecule has 9 heteroatoms. The van der Waals surface area contributed by atoms with E-state index in [1.54, 1.807) is 34.5 Å². The van der Waals surface area contributed by atoms with Gasteiger partial charge < -0.3 is 42.6 Å². The van der Waals surface area contributed by atoms with Gasteiger partial charge in [-0.3, -0.25) is 0 Å². The van der Waals surface area contributed by atoms with Gasteiger partial charge in [0.05, 0.1) is 33.0 Å². The molecule has 172 valence electrons. The zero-order valence-corrected chi connectivity index (χ0v) is 18.2. The van der Waals surface area contributed by atoms with Crippen molar-refractivity contribution in [1.29, 1.82) is 0 Å². The van der Waals surface area contributed by atoms with Crippen LogP contribution in [-0.4, -0.2) is 84.4 Å². The largest absolute Gasteiger partial charge is 0.497 e. The first-order valence-corrected chi connectivity index (χ1v) is 10.2. The summed E-state index contributed by atoms with van der Waals surface area (Å²) >= 11 is 0. The van der Waals surface area contributed by atoms with Gasteiger partial charge in [-0.2, -0.15) is 0 Å². The van der Waals surface area contributed by atoms with E-state index >= 15 is 0 Å². The maximum Gasteiger partial charge on any atom is 0.305 e. The molecule has 0 saturated carbocycles. The first-order chi connectivity index (χ1) is 15.1. The van der Waals surface area contributed by atoms with Crippen LogP contribution in [0.25, 0.3) is 0 Å². The van der Waals surface area contributed by atoms with Gasteiger partial charge in [-0.1, -0.05) is 12.1 Å². The summed E-state index contributed by atoms with van der Waals surface area (Å²) in [6.07, 6.45) is 1.17. The molecule has 9 nitrogen and oxygen atoms in total. The SMILES string of the molecule is COc1ccc(CO[C@H]2C=C[C@]3(OC2)OC[C@H]2O[C@H](OC)[C@H](OC)[C@@H](OC)[C@@H]2O3)cc1. The summed E-state index contributed by atoms with van der Waals surface area (Å²) in [5, 5.41) is 0. The highest BCUT2D eigenvalue weighted by Crippen LogP contribution is 2.37. The number of methoxy groups -OCH3 is 4. The van der Waals surface area contributed by atoms with Crippen molar-refractivity contribution in [2.45, 2.75) is 49.4 Å². The summed E-state index contributed by atoms with van der Waals surface area (Å²) in [5.41, 5.74) is 1.04. The normalized spacial score (nSPS) is 37.5. The lowest BCUT2D eigenvalue weighted by atomic mass is 9.97. The third kappa shape index (κ3) is 4.79. The molecule has 1 aromatic carbocycles. The number of rotatable bonds is 7. The lowest BCUT2D eigenvalue weighted by Gasteiger charge is -2.51. The number of hydrogen-bond donors (Lipinski definition) is 0. The minimum atomic E-state index is -1.31. The van der Waals surface area contributed by atoms with Gasteiger partial charge in [-0.05, 0) is 23.8 Å². The van der Waals surface area contributed by atoms with E-state index in [0.717, 1.165) is 11.3 Å². The highest BCUT2D eigenvalue weighted by Gasteiger charge is 2.55. The topological polar surface area (TPSA) is 83.1 Å². The van der Waals surface area contributed by atoms with E-state index in [-0.39, 0.29) is 25.4 Å². The third-order valence-corrected chi connectivity index (χ3v) is 5.70. The van der Waals surface area contributed by atoms with Crippen LogP contribution in [0.5, 0.6) is 5.75 Å². The highest BCUT2D eigenvalue weighted by atomic mass is 16.9. The Bertz CT molecular complexity index is 739. The van der Waals surface area contributed by atoms with Crippen LogP contribution in [0.2, 0.25) is 0 Å². The Balaban J connectivity index is 1.37. The molecule has 1 aromatic rings. The van der Waals surface area contributed by atoms with Crippen LogP contribution in [-0.2, 0) is 44.5 Å². The van der Waals surface area contributed by atoms with Crippen molar-refractivity contribution in [2.24, 2.45) is 0 Å². The van der Waals surface area contributed by atoms with Crippen molar-refractivity contribution in [1.82, 2.24) is 0 Å². The number of fused-ring (bicyclic) bond motifs is 1. The Morgan fingerprint density at radius 1 is 0.935 bits per heavy atom. The summed E-state index contributed by atoms with van der Waals surface area (Å²) in [6.45, 7) is 1.01. The molecule has 2 fully saturated rings. The van der Waals surface area contributed by atoms with Gasteiger partial charge in [0, 0.05) is 27.4 Å².